The van der Waals surface area contributed by atoms with Gasteiger partial charge in [-0.05, 0) is 13.3 Å². The molecule has 0 bridgehead atoms. The van der Waals surface area contributed by atoms with Crippen LogP contribution in [-0.2, 0) is 0 Å². The number of hydrogen-bond donors (Lipinski definition) is 0. The third-order valence-electron chi connectivity index (χ3n) is 0.932. The molecule has 0 N–H and O–H groups in total. The van der Waals surface area contributed by atoms with Crippen molar-refractivity contribution in [2.24, 2.45) is 0 Å². The zero-order valence-electron chi connectivity index (χ0n) is 6.09. The Labute approximate surface area is 57.6 Å². The Morgan fingerprint density at radius 1 is 1.44 bits per heavy atom. The van der Waals surface area contributed by atoms with E-state index in [0.29, 0.717) is 0 Å². The maximum atomic E-state index is 3.59. The van der Waals surface area contributed by atoms with Crippen molar-refractivity contribution in [3.05, 3.63) is 42.9 Å². The molecule has 0 amide bonds. The Hall–Kier alpha value is -0.780. The first-order valence-electron chi connectivity index (χ1n) is 3.06. The normalized spacial score (nSPS) is 12.4. The average molecular weight is 121 g/mol. The van der Waals surface area contributed by atoms with Gasteiger partial charge in [0, 0.05) is 0 Å². The lowest BCUT2D eigenvalue weighted by atomic mass is 10.2. The second-order valence-corrected chi connectivity index (χ2v) is 1.84. The summed E-state index contributed by atoms with van der Waals surface area (Å²) in [7, 11) is 0. The molecule has 0 spiro atoms. The van der Waals surface area contributed by atoms with E-state index in [9.17, 15) is 0 Å². The summed E-state index contributed by atoms with van der Waals surface area (Å²) in [5.74, 6) is 0. The number of rotatable bonds is 3. The van der Waals surface area contributed by atoms with Crippen molar-refractivity contribution < 1.29 is 0 Å². The molecule has 0 aromatic heterocycles. The second-order valence-electron chi connectivity index (χ2n) is 1.84. The maximum Gasteiger partial charge on any atom is -0.0198 e. The zero-order chi connectivity index (χ0) is 7.11. The summed E-state index contributed by atoms with van der Waals surface area (Å²) in [6.07, 6.45) is 9.81. The molecule has 0 rings (SSSR count). The molecule has 49 valence electrons. The molecule has 0 aliphatic rings. The first-order chi connectivity index (χ1) is 4.31. The van der Waals surface area contributed by atoms with Crippen LogP contribution >= 0.6 is 0 Å². The minimum Gasteiger partial charge on any atom is -0.0991 e. The highest BCUT2D eigenvalue weighted by Crippen LogP contribution is 1.94. The van der Waals surface area contributed by atoms with Gasteiger partial charge in [-0.15, -0.1) is 0 Å². The number of hydrogen-bond acceptors (Lipinski definition) is 0. The van der Waals surface area contributed by atoms with E-state index in [1.54, 1.807) is 6.08 Å². The first-order valence-corrected chi connectivity index (χ1v) is 3.06. The molecule has 0 atom stereocenters. The van der Waals surface area contributed by atoms with E-state index in [4.69, 9.17) is 0 Å². The Morgan fingerprint density at radius 3 is 2.56 bits per heavy atom. The standard InChI is InChI=1S/C9H13/c1-4-6-8-9(3)7-5-2/h4-8H,2H2,1,3H3/b8-6-,9-7-. The van der Waals surface area contributed by atoms with Crippen molar-refractivity contribution in [1.82, 2.24) is 0 Å². The fourth-order valence-corrected chi connectivity index (χ4v) is 0.489. The van der Waals surface area contributed by atoms with Crippen LogP contribution in [0.15, 0.2) is 36.5 Å². The van der Waals surface area contributed by atoms with E-state index < -0.39 is 0 Å². The monoisotopic (exact) mass is 121 g/mol. The lowest BCUT2D eigenvalue weighted by Crippen LogP contribution is -1.64. The molecule has 0 saturated heterocycles. The summed E-state index contributed by atoms with van der Waals surface area (Å²) in [4.78, 5) is 0. The highest BCUT2D eigenvalue weighted by molar-refractivity contribution is 5.21. The van der Waals surface area contributed by atoms with Crippen molar-refractivity contribution in [2.75, 3.05) is 0 Å². The van der Waals surface area contributed by atoms with E-state index in [-0.39, 0.29) is 0 Å². The first kappa shape index (κ1) is 8.22. The van der Waals surface area contributed by atoms with Crippen LogP contribution in [0.4, 0.5) is 0 Å². The topological polar surface area (TPSA) is 0 Å². The van der Waals surface area contributed by atoms with Crippen molar-refractivity contribution in [2.45, 2.75) is 13.8 Å². The quantitative estimate of drug-likeness (QED) is 0.503. The third kappa shape index (κ3) is 5.09. The van der Waals surface area contributed by atoms with Crippen LogP contribution in [0.3, 0.4) is 0 Å². The summed E-state index contributed by atoms with van der Waals surface area (Å²) in [5, 5.41) is 0. The molecule has 0 unspecified atom stereocenters. The molecule has 0 aliphatic carbocycles. The van der Waals surface area contributed by atoms with Crippen molar-refractivity contribution in [3.63, 3.8) is 0 Å². The van der Waals surface area contributed by atoms with Crippen LogP contribution < -0.4 is 0 Å². The molecule has 0 heterocycles. The lowest BCUT2D eigenvalue weighted by Gasteiger charge is -1.84. The van der Waals surface area contributed by atoms with Gasteiger partial charge >= 0.3 is 0 Å². The van der Waals surface area contributed by atoms with Gasteiger partial charge in [-0.25, -0.2) is 0 Å². The molecular formula is C9H13. The Balaban J connectivity index is 3.74. The van der Waals surface area contributed by atoms with Crippen LogP contribution in [0.1, 0.15) is 13.8 Å². The predicted molar refractivity (Wildman–Crippen MR) is 43.1 cm³/mol. The van der Waals surface area contributed by atoms with Crippen LogP contribution in [0.5, 0.6) is 0 Å². The summed E-state index contributed by atoms with van der Waals surface area (Å²) < 4.78 is 0. The van der Waals surface area contributed by atoms with Crippen LogP contribution in [-0.4, -0.2) is 0 Å². The van der Waals surface area contributed by atoms with E-state index in [1.807, 2.05) is 38.5 Å². The summed E-state index contributed by atoms with van der Waals surface area (Å²) >= 11 is 0. The second kappa shape index (κ2) is 5.36. The molecule has 0 saturated carbocycles. The predicted octanol–water partition coefficient (Wildman–Crippen LogP) is 2.90. The fraction of sp³-hybridized carbons (Fsp3) is 0.222. The van der Waals surface area contributed by atoms with Crippen molar-refractivity contribution >= 4 is 0 Å². The highest BCUT2D eigenvalue weighted by Gasteiger charge is 1.74. The summed E-state index contributed by atoms with van der Waals surface area (Å²) in [5.41, 5.74) is 1.23. The fourth-order valence-electron chi connectivity index (χ4n) is 0.489. The van der Waals surface area contributed by atoms with E-state index in [0.717, 1.165) is 0 Å². The van der Waals surface area contributed by atoms with E-state index >= 15 is 0 Å². The van der Waals surface area contributed by atoms with Crippen LogP contribution in [0.25, 0.3) is 0 Å². The van der Waals surface area contributed by atoms with Gasteiger partial charge in [-0.2, -0.15) is 0 Å². The van der Waals surface area contributed by atoms with Gasteiger partial charge in [0.1, 0.15) is 0 Å². The molecular weight excluding hydrogens is 108 g/mol. The minimum atomic E-state index is 1.23. The Bertz CT molecular complexity index is 127. The van der Waals surface area contributed by atoms with Gasteiger partial charge in [0.05, 0.1) is 0 Å². The van der Waals surface area contributed by atoms with E-state index in [1.165, 1.54) is 5.57 Å². The van der Waals surface area contributed by atoms with Crippen molar-refractivity contribution in [3.8, 4) is 0 Å². The molecule has 1 radical (unpaired) electrons. The molecule has 0 aromatic rings. The van der Waals surface area contributed by atoms with Gasteiger partial charge in [-0.3, -0.25) is 0 Å². The SMILES string of the molecule is C=C/C=C(C)\C=C/[CH]C. The highest BCUT2D eigenvalue weighted by atomic mass is 13.8. The van der Waals surface area contributed by atoms with E-state index in [2.05, 4.69) is 6.58 Å². The molecule has 0 aromatic carbocycles. The van der Waals surface area contributed by atoms with Gasteiger partial charge < -0.3 is 0 Å². The van der Waals surface area contributed by atoms with Crippen molar-refractivity contribution in [1.29, 1.82) is 0 Å². The van der Waals surface area contributed by atoms with Crippen LogP contribution in [0.2, 0.25) is 0 Å². The lowest BCUT2D eigenvalue weighted by molar-refractivity contribution is 1.48. The zero-order valence-corrected chi connectivity index (χ0v) is 6.09. The molecule has 0 aliphatic heterocycles. The van der Waals surface area contributed by atoms with Gasteiger partial charge in [0.25, 0.3) is 0 Å². The Morgan fingerprint density at radius 2 is 2.11 bits per heavy atom. The van der Waals surface area contributed by atoms with Gasteiger partial charge in [0.2, 0.25) is 0 Å². The third-order valence-corrected chi connectivity index (χ3v) is 0.932. The van der Waals surface area contributed by atoms with Gasteiger partial charge in [0.15, 0.2) is 0 Å². The molecule has 9 heavy (non-hydrogen) atoms. The summed E-state index contributed by atoms with van der Waals surface area (Å²) in [6, 6.07) is 0. The number of allylic oxidation sites excluding steroid dienone is 5. The molecule has 0 fully saturated rings. The minimum absolute atomic E-state index is 1.23. The van der Waals surface area contributed by atoms with Gasteiger partial charge in [-0.1, -0.05) is 43.4 Å². The largest absolute Gasteiger partial charge is 0.0991 e. The summed E-state index contributed by atoms with van der Waals surface area (Å²) in [6.45, 7) is 7.63. The van der Waals surface area contributed by atoms with Crippen LogP contribution in [0, 0.1) is 6.42 Å². The Kier molecular flexibility index (Phi) is 4.89. The maximum absolute atomic E-state index is 3.59. The molecule has 0 nitrogen and oxygen atoms in total. The smallest absolute Gasteiger partial charge is 0.0198 e. The average Bonchev–Trinajstić information content (AvgIpc) is 1.85. The molecule has 0 heteroatoms.